The van der Waals surface area contributed by atoms with Crippen molar-refractivity contribution in [3.8, 4) is 5.75 Å². The van der Waals surface area contributed by atoms with Gasteiger partial charge >= 0.3 is 5.97 Å². The number of aromatic carboxylic acids is 1. The number of carboxylic acid groups (broad SMARTS) is 1. The molecular formula is C14H18O3. The van der Waals surface area contributed by atoms with E-state index in [9.17, 15) is 4.79 Å². The second-order valence-corrected chi connectivity index (χ2v) is 4.53. The van der Waals surface area contributed by atoms with Gasteiger partial charge in [0.1, 0.15) is 11.3 Å². The molecule has 92 valence electrons. The van der Waals surface area contributed by atoms with Crippen molar-refractivity contribution in [2.24, 2.45) is 0 Å². The summed E-state index contributed by atoms with van der Waals surface area (Å²) in [6.45, 7) is 0. The summed E-state index contributed by atoms with van der Waals surface area (Å²) in [5, 5.41) is 9.07. The Hall–Kier alpha value is -1.51. The second kappa shape index (κ2) is 5.71. The Morgan fingerprint density at radius 2 is 1.76 bits per heavy atom. The number of ether oxygens (including phenoxy) is 1. The van der Waals surface area contributed by atoms with Gasteiger partial charge in [-0.2, -0.15) is 0 Å². The zero-order valence-electron chi connectivity index (χ0n) is 9.89. The van der Waals surface area contributed by atoms with Gasteiger partial charge in [-0.25, -0.2) is 4.79 Å². The number of rotatable bonds is 3. The smallest absolute Gasteiger partial charge is 0.339 e. The van der Waals surface area contributed by atoms with Crippen molar-refractivity contribution in [2.45, 2.75) is 44.6 Å². The van der Waals surface area contributed by atoms with Gasteiger partial charge in [0.15, 0.2) is 0 Å². The van der Waals surface area contributed by atoms with Crippen LogP contribution in [0.4, 0.5) is 0 Å². The first kappa shape index (κ1) is 12.0. The fraction of sp³-hybridized carbons (Fsp3) is 0.500. The van der Waals surface area contributed by atoms with E-state index < -0.39 is 5.97 Å². The molecule has 1 aliphatic carbocycles. The highest BCUT2D eigenvalue weighted by Crippen LogP contribution is 2.25. The predicted molar refractivity (Wildman–Crippen MR) is 65.5 cm³/mol. The van der Waals surface area contributed by atoms with Crippen molar-refractivity contribution in [3.63, 3.8) is 0 Å². The Morgan fingerprint density at radius 1 is 1.12 bits per heavy atom. The molecule has 17 heavy (non-hydrogen) atoms. The second-order valence-electron chi connectivity index (χ2n) is 4.53. The molecule has 1 N–H and O–H groups in total. The molecule has 0 heterocycles. The van der Waals surface area contributed by atoms with E-state index in [1.807, 2.05) is 6.07 Å². The molecule has 1 aromatic carbocycles. The molecule has 1 aliphatic rings. The summed E-state index contributed by atoms with van der Waals surface area (Å²) in [7, 11) is 0. The topological polar surface area (TPSA) is 46.5 Å². The summed E-state index contributed by atoms with van der Waals surface area (Å²) in [6, 6.07) is 6.88. The highest BCUT2D eigenvalue weighted by atomic mass is 16.5. The fourth-order valence-electron chi connectivity index (χ4n) is 2.29. The minimum Gasteiger partial charge on any atom is -0.490 e. The van der Waals surface area contributed by atoms with Crippen molar-refractivity contribution >= 4 is 5.97 Å². The number of hydrogen-bond acceptors (Lipinski definition) is 2. The monoisotopic (exact) mass is 234 g/mol. The van der Waals surface area contributed by atoms with Gasteiger partial charge in [-0.1, -0.05) is 25.0 Å². The molecule has 3 heteroatoms. The third-order valence-electron chi connectivity index (χ3n) is 3.21. The lowest BCUT2D eigenvalue weighted by molar-refractivity contribution is 0.0688. The molecule has 2 rings (SSSR count). The fourth-order valence-corrected chi connectivity index (χ4v) is 2.29. The van der Waals surface area contributed by atoms with Gasteiger partial charge in [-0.15, -0.1) is 0 Å². The number of carbonyl (C=O) groups is 1. The predicted octanol–water partition coefficient (Wildman–Crippen LogP) is 3.49. The first-order chi connectivity index (χ1) is 8.27. The molecular weight excluding hydrogens is 216 g/mol. The number of hydrogen-bond donors (Lipinski definition) is 1. The maximum absolute atomic E-state index is 11.1. The van der Waals surface area contributed by atoms with Crippen LogP contribution in [0.2, 0.25) is 0 Å². The molecule has 0 radical (unpaired) electrons. The first-order valence-corrected chi connectivity index (χ1v) is 6.26. The normalized spacial score (nSPS) is 17.4. The van der Waals surface area contributed by atoms with Crippen molar-refractivity contribution in [2.75, 3.05) is 0 Å². The molecule has 0 amide bonds. The molecule has 1 fully saturated rings. The van der Waals surface area contributed by atoms with E-state index in [2.05, 4.69) is 0 Å². The maximum atomic E-state index is 11.1. The van der Waals surface area contributed by atoms with E-state index in [1.54, 1.807) is 18.2 Å². The van der Waals surface area contributed by atoms with Crippen molar-refractivity contribution in [1.29, 1.82) is 0 Å². The highest BCUT2D eigenvalue weighted by Gasteiger charge is 2.17. The van der Waals surface area contributed by atoms with E-state index in [0.717, 1.165) is 12.8 Å². The lowest BCUT2D eigenvalue weighted by atomic mass is 10.1. The van der Waals surface area contributed by atoms with Crippen LogP contribution in [-0.2, 0) is 0 Å². The zero-order chi connectivity index (χ0) is 12.1. The van der Waals surface area contributed by atoms with Crippen LogP contribution in [0, 0.1) is 0 Å². The third-order valence-corrected chi connectivity index (χ3v) is 3.21. The summed E-state index contributed by atoms with van der Waals surface area (Å²) in [4.78, 5) is 11.1. The summed E-state index contributed by atoms with van der Waals surface area (Å²) in [5.41, 5.74) is 0.261. The SMILES string of the molecule is O=C(O)c1ccccc1OC1CCCCCC1. The Kier molecular flexibility index (Phi) is 4.02. The lowest BCUT2D eigenvalue weighted by Gasteiger charge is -2.18. The van der Waals surface area contributed by atoms with Crippen LogP contribution in [0.5, 0.6) is 5.75 Å². The van der Waals surface area contributed by atoms with E-state index >= 15 is 0 Å². The van der Waals surface area contributed by atoms with Crippen LogP contribution >= 0.6 is 0 Å². The van der Waals surface area contributed by atoms with Gasteiger partial charge in [0.2, 0.25) is 0 Å². The zero-order valence-corrected chi connectivity index (χ0v) is 9.89. The Morgan fingerprint density at radius 3 is 2.41 bits per heavy atom. The van der Waals surface area contributed by atoms with Crippen molar-refractivity contribution < 1.29 is 14.6 Å². The van der Waals surface area contributed by atoms with Gasteiger partial charge in [-0.05, 0) is 37.8 Å². The molecule has 1 aromatic rings. The minimum absolute atomic E-state index is 0.179. The Balaban J connectivity index is 2.09. The number of carboxylic acids is 1. The van der Waals surface area contributed by atoms with E-state index in [4.69, 9.17) is 9.84 Å². The lowest BCUT2D eigenvalue weighted by Crippen LogP contribution is -2.16. The molecule has 0 aliphatic heterocycles. The molecule has 0 bridgehead atoms. The average Bonchev–Trinajstić information content (AvgIpc) is 2.58. The summed E-state index contributed by atoms with van der Waals surface area (Å²) in [6.07, 6.45) is 7.14. The molecule has 0 spiro atoms. The van der Waals surface area contributed by atoms with E-state index in [-0.39, 0.29) is 11.7 Å². The van der Waals surface area contributed by atoms with Gasteiger partial charge in [0, 0.05) is 0 Å². The van der Waals surface area contributed by atoms with Gasteiger partial charge in [0.25, 0.3) is 0 Å². The van der Waals surface area contributed by atoms with Crippen LogP contribution in [0.3, 0.4) is 0 Å². The summed E-state index contributed by atoms with van der Waals surface area (Å²) >= 11 is 0. The molecule has 3 nitrogen and oxygen atoms in total. The van der Waals surface area contributed by atoms with Gasteiger partial charge in [-0.3, -0.25) is 0 Å². The number of para-hydroxylation sites is 1. The third kappa shape index (κ3) is 3.22. The minimum atomic E-state index is -0.922. The van der Waals surface area contributed by atoms with Crippen LogP contribution in [0.1, 0.15) is 48.9 Å². The quantitative estimate of drug-likeness (QED) is 0.814. The van der Waals surface area contributed by atoms with Crippen LogP contribution in [0.15, 0.2) is 24.3 Å². The first-order valence-electron chi connectivity index (χ1n) is 6.26. The van der Waals surface area contributed by atoms with Crippen LogP contribution in [0.25, 0.3) is 0 Å². The maximum Gasteiger partial charge on any atom is 0.339 e. The van der Waals surface area contributed by atoms with E-state index in [1.165, 1.54) is 25.7 Å². The summed E-state index contributed by atoms with van der Waals surface area (Å²) < 4.78 is 5.85. The Labute approximate surface area is 101 Å². The summed E-state index contributed by atoms with van der Waals surface area (Å²) in [5.74, 6) is -0.416. The van der Waals surface area contributed by atoms with E-state index in [0.29, 0.717) is 5.75 Å². The Bertz CT molecular complexity index is 379. The number of benzene rings is 1. The van der Waals surface area contributed by atoms with Gasteiger partial charge < -0.3 is 9.84 Å². The largest absolute Gasteiger partial charge is 0.490 e. The standard InChI is InChI=1S/C14H18O3/c15-14(16)12-9-5-6-10-13(12)17-11-7-3-1-2-4-8-11/h5-6,9-11H,1-4,7-8H2,(H,15,16). The molecule has 0 atom stereocenters. The average molecular weight is 234 g/mol. The van der Waals surface area contributed by atoms with Crippen molar-refractivity contribution in [3.05, 3.63) is 29.8 Å². The van der Waals surface area contributed by atoms with Gasteiger partial charge in [0.05, 0.1) is 6.10 Å². The molecule has 0 unspecified atom stereocenters. The molecule has 1 saturated carbocycles. The highest BCUT2D eigenvalue weighted by molar-refractivity contribution is 5.90. The van der Waals surface area contributed by atoms with Crippen LogP contribution < -0.4 is 4.74 Å². The molecule has 0 saturated heterocycles. The van der Waals surface area contributed by atoms with Crippen LogP contribution in [-0.4, -0.2) is 17.2 Å². The van der Waals surface area contributed by atoms with Crippen molar-refractivity contribution in [1.82, 2.24) is 0 Å². The molecule has 0 aromatic heterocycles.